The fraction of sp³-hybridized carbons (Fsp3) is 0.500. The number of halogens is 2. The fourth-order valence-corrected chi connectivity index (χ4v) is 2.98. The second kappa shape index (κ2) is 6.48. The predicted octanol–water partition coefficient (Wildman–Crippen LogP) is 3.42. The van der Waals surface area contributed by atoms with Gasteiger partial charge < -0.3 is 5.11 Å². The third kappa shape index (κ3) is 3.76. The number of carbonyl (C=O) groups is 1. The number of nitrogens with zero attached hydrogens (tertiary/aromatic N) is 1. The Bertz CT molecular complexity index is 467. The maximum atomic E-state index is 13.1. The Morgan fingerprint density at radius 2 is 2.21 bits per heavy atom. The topological polar surface area (TPSA) is 40.5 Å². The quantitative estimate of drug-likeness (QED) is 0.923. The van der Waals surface area contributed by atoms with Crippen molar-refractivity contribution in [1.29, 1.82) is 0 Å². The van der Waals surface area contributed by atoms with Gasteiger partial charge in [-0.25, -0.2) is 4.39 Å². The summed E-state index contributed by atoms with van der Waals surface area (Å²) in [5.41, 5.74) is 0.926. The van der Waals surface area contributed by atoms with Crippen molar-refractivity contribution in [2.45, 2.75) is 38.3 Å². The van der Waals surface area contributed by atoms with Crippen LogP contribution >= 0.6 is 15.9 Å². The average Bonchev–Trinajstić information content (AvgIpc) is 2.58. The Kier molecular flexibility index (Phi) is 4.93. The Labute approximate surface area is 120 Å². The standard InChI is InChI=1S/C14H17BrFNO2/c15-12-8-11(16)6-5-10(12)9-17-7-3-1-2-4-13(17)14(18)19/h5-6,8,13H,1-4,7,9H2,(H,18,19). The van der Waals surface area contributed by atoms with Crippen LogP contribution in [0.5, 0.6) is 0 Å². The summed E-state index contributed by atoms with van der Waals surface area (Å²) in [6.45, 7) is 1.32. The summed E-state index contributed by atoms with van der Waals surface area (Å²) in [5, 5.41) is 9.31. The molecule has 104 valence electrons. The molecule has 1 heterocycles. The first-order valence-corrected chi connectivity index (χ1v) is 7.28. The number of benzene rings is 1. The van der Waals surface area contributed by atoms with E-state index in [1.54, 1.807) is 6.07 Å². The van der Waals surface area contributed by atoms with Crippen molar-refractivity contribution in [2.75, 3.05) is 6.54 Å². The summed E-state index contributed by atoms with van der Waals surface area (Å²) in [6.07, 6.45) is 3.74. The van der Waals surface area contributed by atoms with Crippen molar-refractivity contribution < 1.29 is 14.3 Å². The second-order valence-corrected chi connectivity index (χ2v) is 5.76. The van der Waals surface area contributed by atoms with E-state index in [4.69, 9.17) is 0 Å². The molecule has 0 aromatic heterocycles. The van der Waals surface area contributed by atoms with Gasteiger partial charge in [-0.15, -0.1) is 0 Å². The van der Waals surface area contributed by atoms with E-state index in [1.165, 1.54) is 12.1 Å². The van der Waals surface area contributed by atoms with Crippen molar-refractivity contribution in [3.8, 4) is 0 Å². The molecule has 0 bridgehead atoms. The minimum atomic E-state index is -0.764. The lowest BCUT2D eigenvalue weighted by atomic mass is 10.1. The van der Waals surface area contributed by atoms with E-state index in [-0.39, 0.29) is 5.82 Å². The first-order chi connectivity index (χ1) is 9.08. The lowest BCUT2D eigenvalue weighted by molar-refractivity contribution is -0.143. The Hall–Kier alpha value is -0.940. The fourth-order valence-electron chi connectivity index (χ4n) is 2.51. The highest BCUT2D eigenvalue weighted by molar-refractivity contribution is 9.10. The van der Waals surface area contributed by atoms with Crippen molar-refractivity contribution >= 4 is 21.9 Å². The highest BCUT2D eigenvalue weighted by Crippen LogP contribution is 2.24. The molecule has 0 radical (unpaired) electrons. The first kappa shape index (κ1) is 14.5. The molecule has 1 unspecified atom stereocenters. The van der Waals surface area contributed by atoms with Crippen LogP contribution in [0.3, 0.4) is 0 Å². The van der Waals surface area contributed by atoms with Gasteiger partial charge in [0.15, 0.2) is 0 Å². The average molecular weight is 330 g/mol. The summed E-state index contributed by atoms with van der Waals surface area (Å²) in [6, 6.07) is 4.11. The molecule has 1 aliphatic rings. The van der Waals surface area contributed by atoms with Gasteiger partial charge >= 0.3 is 5.97 Å². The van der Waals surface area contributed by atoms with E-state index >= 15 is 0 Å². The normalized spacial score (nSPS) is 21.1. The summed E-state index contributed by atoms with van der Waals surface area (Å²) in [4.78, 5) is 13.3. The zero-order valence-corrected chi connectivity index (χ0v) is 12.2. The minimum Gasteiger partial charge on any atom is -0.480 e. The molecule has 0 aliphatic carbocycles. The maximum Gasteiger partial charge on any atom is 0.320 e. The predicted molar refractivity (Wildman–Crippen MR) is 74.4 cm³/mol. The van der Waals surface area contributed by atoms with E-state index in [1.807, 2.05) is 4.90 Å². The van der Waals surface area contributed by atoms with Crippen LogP contribution in [-0.4, -0.2) is 28.6 Å². The minimum absolute atomic E-state index is 0.290. The lowest BCUT2D eigenvalue weighted by Crippen LogP contribution is -2.40. The summed E-state index contributed by atoms with van der Waals surface area (Å²) < 4.78 is 13.8. The number of carboxylic acids is 1. The number of rotatable bonds is 3. The van der Waals surface area contributed by atoms with Gasteiger partial charge in [-0.05, 0) is 37.1 Å². The van der Waals surface area contributed by atoms with Crippen LogP contribution in [0, 0.1) is 5.82 Å². The van der Waals surface area contributed by atoms with Crippen LogP contribution in [0.1, 0.15) is 31.2 Å². The van der Waals surface area contributed by atoms with Crippen LogP contribution < -0.4 is 0 Å². The number of hydrogen-bond acceptors (Lipinski definition) is 2. The molecular weight excluding hydrogens is 313 g/mol. The number of aliphatic carboxylic acids is 1. The number of carboxylic acid groups (broad SMARTS) is 1. The van der Waals surface area contributed by atoms with E-state index < -0.39 is 12.0 Å². The van der Waals surface area contributed by atoms with Crippen molar-refractivity contribution in [2.24, 2.45) is 0 Å². The van der Waals surface area contributed by atoms with Gasteiger partial charge in [0, 0.05) is 11.0 Å². The summed E-state index contributed by atoms with van der Waals surface area (Å²) >= 11 is 3.34. The molecule has 3 nitrogen and oxygen atoms in total. The third-order valence-electron chi connectivity index (χ3n) is 3.54. The van der Waals surface area contributed by atoms with Crippen LogP contribution in [0.4, 0.5) is 4.39 Å². The number of likely N-dealkylation sites (tertiary alicyclic amines) is 1. The Morgan fingerprint density at radius 3 is 2.89 bits per heavy atom. The second-order valence-electron chi connectivity index (χ2n) is 4.91. The van der Waals surface area contributed by atoms with Crippen molar-refractivity contribution in [3.63, 3.8) is 0 Å². The SMILES string of the molecule is O=C(O)C1CCCCCN1Cc1ccc(F)cc1Br. The summed E-state index contributed by atoms with van der Waals surface area (Å²) in [5.74, 6) is -1.05. The highest BCUT2D eigenvalue weighted by atomic mass is 79.9. The monoisotopic (exact) mass is 329 g/mol. The molecule has 1 aromatic carbocycles. The van der Waals surface area contributed by atoms with Crippen LogP contribution in [-0.2, 0) is 11.3 Å². The number of hydrogen-bond donors (Lipinski definition) is 1. The molecule has 19 heavy (non-hydrogen) atoms. The van der Waals surface area contributed by atoms with E-state index in [9.17, 15) is 14.3 Å². The third-order valence-corrected chi connectivity index (χ3v) is 4.28. The zero-order chi connectivity index (χ0) is 13.8. The van der Waals surface area contributed by atoms with E-state index in [2.05, 4.69) is 15.9 Å². The summed E-state index contributed by atoms with van der Waals surface area (Å²) in [7, 11) is 0. The molecule has 1 N–H and O–H groups in total. The molecule has 5 heteroatoms. The van der Waals surface area contributed by atoms with Gasteiger partial charge in [0.1, 0.15) is 11.9 Å². The van der Waals surface area contributed by atoms with Gasteiger partial charge in [0.05, 0.1) is 0 Å². The van der Waals surface area contributed by atoms with Gasteiger partial charge in [-0.1, -0.05) is 34.8 Å². The van der Waals surface area contributed by atoms with Crippen LogP contribution in [0.2, 0.25) is 0 Å². The van der Waals surface area contributed by atoms with Gasteiger partial charge in [0.25, 0.3) is 0 Å². The van der Waals surface area contributed by atoms with Crippen LogP contribution in [0.25, 0.3) is 0 Å². The molecule has 1 saturated heterocycles. The molecule has 0 spiro atoms. The van der Waals surface area contributed by atoms with Gasteiger partial charge in [0.2, 0.25) is 0 Å². The molecular formula is C14H17BrFNO2. The largest absolute Gasteiger partial charge is 0.480 e. The first-order valence-electron chi connectivity index (χ1n) is 6.48. The smallest absolute Gasteiger partial charge is 0.320 e. The molecule has 1 aromatic rings. The molecule has 1 fully saturated rings. The Morgan fingerprint density at radius 1 is 1.42 bits per heavy atom. The maximum absolute atomic E-state index is 13.1. The Balaban J connectivity index is 2.16. The van der Waals surface area contributed by atoms with Crippen molar-refractivity contribution in [3.05, 3.63) is 34.1 Å². The molecule has 2 rings (SSSR count). The molecule has 1 aliphatic heterocycles. The van der Waals surface area contributed by atoms with E-state index in [0.29, 0.717) is 17.4 Å². The molecule has 0 saturated carbocycles. The zero-order valence-electron chi connectivity index (χ0n) is 10.6. The van der Waals surface area contributed by atoms with Crippen LogP contribution in [0.15, 0.2) is 22.7 Å². The molecule has 1 atom stereocenters. The van der Waals surface area contributed by atoms with Gasteiger partial charge in [-0.2, -0.15) is 0 Å². The highest BCUT2D eigenvalue weighted by Gasteiger charge is 2.27. The lowest BCUT2D eigenvalue weighted by Gasteiger charge is -2.27. The van der Waals surface area contributed by atoms with Crippen molar-refractivity contribution in [1.82, 2.24) is 4.90 Å². The van der Waals surface area contributed by atoms with E-state index in [0.717, 1.165) is 31.4 Å². The van der Waals surface area contributed by atoms with Gasteiger partial charge in [-0.3, -0.25) is 9.69 Å². The molecule has 0 amide bonds.